The molecule has 0 fully saturated rings. The van der Waals surface area contributed by atoms with Gasteiger partial charge in [0, 0.05) is 0 Å². The van der Waals surface area contributed by atoms with Crippen molar-refractivity contribution < 1.29 is 0 Å². The first-order valence-electron chi connectivity index (χ1n) is 17.5. The van der Waals surface area contributed by atoms with Gasteiger partial charge in [0.25, 0.3) is 0 Å². The maximum absolute atomic E-state index is 2.16. The van der Waals surface area contributed by atoms with Crippen molar-refractivity contribution >= 4 is 0 Å². The Labute approximate surface area is 266 Å². The van der Waals surface area contributed by atoms with Crippen LogP contribution in [0.5, 0.6) is 0 Å². The monoisotopic (exact) mass is 577 g/mol. The van der Waals surface area contributed by atoms with Crippen LogP contribution in [0, 0.1) is 0 Å². The molecule has 0 aliphatic carbocycles. The van der Waals surface area contributed by atoms with Crippen LogP contribution >= 0.6 is 0 Å². The number of hydrogen-bond acceptors (Lipinski definition) is 0. The Morgan fingerprint density at radius 1 is 0.220 bits per heavy atom. The lowest BCUT2D eigenvalue weighted by atomic mass is 10.1. The van der Waals surface area contributed by atoms with Crippen LogP contribution in [0.4, 0.5) is 0 Å². The summed E-state index contributed by atoms with van der Waals surface area (Å²) < 4.78 is 0. The third kappa shape index (κ3) is 85.5. The summed E-state index contributed by atoms with van der Waals surface area (Å²) in [5, 5.41) is 0. The molecule has 41 heavy (non-hydrogen) atoms. The van der Waals surface area contributed by atoms with Crippen molar-refractivity contribution in [1.82, 2.24) is 0 Å². The Bertz CT molecular complexity index is 477. The van der Waals surface area contributed by atoms with Gasteiger partial charge in [0.15, 0.2) is 0 Å². The van der Waals surface area contributed by atoms with E-state index in [4.69, 9.17) is 0 Å². The van der Waals surface area contributed by atoms with E-state index in [1.54, 1.807) is 0 Å². The maximum atomic E-state index is 2.16. The normalized spacial score (nSPS) is 5.90. The molecule has 0 aliphatic heterocycles. The fourth-order valence-electron chi connectivity index (χ4n) is 1.81. The van der Waals surface area contributed by atoms with Crippen LogP contribution in [0.3, 0.4) is 0 Å². The van der Waals surface area contributed by atoms with Crippen molar-refractivity contribution in [3.63, 3.8) is 0 Å². The number of rotatable bonds is 2. The molecule has 0 amide bonds. The van der Waals surface area contributed by atoms with E-state index in [0.717, 1.165) is 6.42 Å². The lowest BCUT2D eigenvalue weighted by Gasteiger charge is -2.00. The molecule has 0 nitrogen and oxygen atoms in total. The molecule has 0 bridgehead atoms. The largest absolute Gasteiger partial charge is 0.0683 e. The first kappa shape index (κ1) is 66.8. The van der Waals surface area contributed by atoms with Gasteiger partial charge >= 0.3 is 0 Å². The Morgan fingerprint density at radius 3 is 0.488 bits per heavy atom. The molecule has 0 atom stereocenters. The minimum atomic E-state index is 1.03. The quantitative estimate of drug-likeness (QED) is 0.284. The molecule has 0 saturated carbocycles. The average molecular weight is 577 g/mol. The molecular formula is C41H84. The summed E-state index contributed by atoms with van der Waals surface area (Å²) in [5.74, 6) is 0. The first-order chi connectivity index (χ1) is 20.4. The predicted octanol–water partition coefficient (Wildman–Crippen LogP) is 16.3. The van der Waals surface area contributed by atoms with Gasteiger partial charge in [0.05, 0.1) is 0 Å². The van der Waals surface area contributed by atoms with Gasteiger partial charge in [0.2, 0.25) is 0 Å². The van der Waals surface area contributed by atoms with Gasteiger partial charge in [-0.05, 0) is 17.5 Å². The van der Waals surface area contributed by atoms with Crippen molar-refractivity contribution in [3.05, 3.63) is 108 Å². The van der Waals surface area contributed by atoms with E-state index in [1.807, 2.05) is 189 Å². The smallest absolute Gasteiger partial charge is 0.00258 e. The molecule has 0 unspecified atom stereocenters. The second-order valence-corrected chi connectivity index (χ2v) is 4.30. The van der Waals surface area contributed by atoms with E-state index >= 15 is 0 Å². The first-order valence-corrected chi connectivity index (χ1v) is 17.5. The van der Waals surface area contributed by atoms with E-state index < -0.39 is 0 Å². The lowest BCUT2D eigenvalue weighted by Crippen LogP contribution is -1.85. The van der Waals surface area contributed by atoms with E-state index in [1.165, 1.54) is 11.1 Å². The standard InChI is InChI=1S/C13H12.C6H6.11C2H6/c1-3-7-12(8-4-1)11-13-9-5-2-6-10-13;1-2-4-6-5-3-1;11*1-2/h1-10H,11H2;1-6H;11*1-2H3. The lowest BCUT2D eigenvalue weighted by molar-refractivity contribution is 1.19. The highest BCUT2D eigenvalue weighted by Crippen LogP contribution is 2.07. The van der Waals surface area contributed by atoms with E-state index in [2.05, 4.69) is 60.7 Å². The van der Waals surface area contributed by atoms with Crippen molar-refractivity contribution in [2.45, 2.75) is 159 Å². The molecule has 0 N–H and O–H groups in total. The third-order valence-electron chi connectivity index (χ3n) is 2.76. The molecule has 0 radical (unpaired) electrons. The van der Waals surface area contributed by atoms with Crippen LogP contribution in [0.25, 0.3) is 0 Å². The predicted molar refractivity (Wildman–Crippen MR) is 207 cm³/mol. The third-order valence-corrected chi connectivity index (χ3v) is 2.76. The highest BCUT2D eigenvalue weighted by atomic mass is 14.0. The molecule has 0 heterocycles. The second-order valence-electron chi connectivity index (χ2n) is 4.30. The SMILES string of the molecule is CC.CC.CC.CC.CC.CC.CC.CC.CC.CC.CC.c1ccc(Cc2ccccc2)cc1.c1ccccc1. The van der Waals surface area contributed by atoms with Gasteiger partial charge in [-0.1, -0.05) is 249 Å². The Morgan fingerprint density at radius 2 is 0.341 bits per heavy atom. The number of benzene rings is 3. The van der Waals surface area contributed by atoms with Crippen LogP contribution in [0.1, 0.15) is 163 Å². The van der Waals surface area contributed by atoms with Crippen molar-refractivity contribution in [2.75, 3.05) is 0 Å². The van der Waals surface area contributed by atoms with Crippen LogP contribution in [-0.4, -0.2) is 0 Å². The summed E-state index contributed by atoms with van der Waals surface area (Å²) in [6.07, 6.45) is 1.03. The Kier molecular flexibility index (Phi) is 193. The molecule has 3 aromatic rings. The van der Waals surface area contributed by atoms with Crippen LogP contribution in [-0.2, 0) is 6.42 Å². The van der Waals surface area contributed by atoms with Gasteiger partial charge in [-0.3, -0.25) is 0 Å². The zero-order valence-electron chi connectivity index (χ0n) is 32.9. The molecule has 0 heteroatoms. The van der Waals surface area contributed by atoms with E-state index in [0.29, 0.717) is 0 Å². The van der Waals surface area contributed by atoms with Crippen molar-refractivity contribution in [3.8, 4) is 0 Å². The molecule has 3 aromatic carbocycles. The average Bonchev–Trinajstić information content (AvgIpc) is 3.16. The van der Waals surface area contributed by atoms with Gasteiger partial charge < -0.3 is 0 Å². The fourth-order valence-corrected chi connectivity index (χ4v) is 1.81. The molecule has 0 aliphatic rings. The van der Waals surface area contributed by atoms with Crippen LogP contribution in [0.2, 0.25) is 0 Å². The molecule has 248 valence electrons. The van der Waals surface area contributed by atoms with Gasteiger partial charge in [-0.15, -0.1) is 0 Å². The molecular weight excluding hydrogens is 492 g/mol. The Hall–Kier alpha value is -2.34. The van der Waals surface area contributed by atoms with E-state index in [-0.39, 0.29) is 0 Å². The topological polar surface area (TPSA) is 0 Å². The summed E-state index contributed by atoms with van der Waals surface area (Å²) in [4.78, 5) is 0. The van der Waals surface area contributed by atoms with E-state index in [9.17, 15) is 0 Å². The Balaban J connectivity index is -0.0000000369. The summed E-state index contributed by atoms with van der Waals surface area (Å²) in [6, 6.07) is 33.1. The van der Waals surface area contributed by atoms with Crippen LogP contribution in [0.15, 0.2) is 97.1 Å². The highest BCUT2D eigenvalue weighted by Gasteiger charge is 1.92. The summed E-state index contributed by atoms with van der Waals surface area (Å²) in [5.41, 5.74) is 2.74. The molecule has 0 spiro atoms. The maximum Gasteiger partial charge on any atom is -0.00258 e. The van der Waals surface area contributed by atoms with Crippen LogP contribution < -0.4 is 0 Å². The van der Waals surface area contributed by atoms with Crippen molar-refractivity contribution in [1.29, 1.82) is 0 Å². The molecule has 0 aromatic heterocycles. The minimum Gasteiger partial charge on any atom is -0.0683 e. The molecule has 0 saturated heterocycles. The zero-order chi connectivity index (χ0) is 35.2. The second kappa shape index (κ2) is 119. The van der Waals surface area contributed by atoms with Gasteiger partial charge in [0.1, 0.15) is 0 Å². The minimum absolute atomic E-state index is 1.03. The number of hydrogen-bond donors (Lipinski definition) is 0. The summed E-state index contributed by atoms with van der Waals surface area (Å²) in [6.45, 7) is 44.0. The highest BCUT2D eigenvalue weighted by molar-refractivity contribution is 5.25. The van der Waals surface area contributed by atoms with Crippen molar-refractivity contribution in [2.24, 2.45) is 0 Å². The zero-order valence-corrected chi connectivity index (χ0v) is 32.9. The summed E-state index contributed by atoms with van der Waals surface area (Å²) >= 11 is 0. The molecule has 3 rings (SSSR count). The van der Waals surface area contributed by atoms with Gasteiger partial charge in [-0.2, -0.15) is 0 Å². The van der Waals surface area contributed by atoms with Gasteiger partial charge in [-0.25, -0.2) is 0 Å². The summed E-state index contributed by atoms with van der Waals surface area (Å²) in [7, 11) is 0. The fraction of sp³-hybridized carbons (Fsp3) is 0.561.